The van der Waals surface area contributed by atoms with Crippen molar-refractivity contribution in [3.05, 3.63) is 35.4 Å². The Kier molecular flexibility index (Phi) is 4.20. The Balaban J connectivity index is 2.05. The number of hydrogen-bond donors (Lipinski definition) is 1. The second-order valence-electron chi connectivity index (χ2n) is 5.10. The highest BCUT2D eigenvalue weighted by Crippen LogP contribution is 2.18. The van der Waals surface area contributed by atoms with Gasteiger partial charge < -0.3 is 10.0 Å². The summed E-state index contributed by atoms with van der Waals surface area (Å²) >= 11 is 0. The van der Waals surface area contributed by atoms with Crippen LogP contribution in [-0.2, 0) is 16.0 Å². The van der Waals surface area contributed by atoms with Crippen molar-refractivity contribution in [3.8, 4) is 0 Å². The van der Waals surface area contributed by atoms with E-state index in [4.69, 9.17) is 5.11 Å². The zero-order valence-corrected chi connectivity index (χ0v) is 11.1. The van der Waals surface area contributed by atoms with Gasteiger partial charge in [-0.3, -0.25) is 4.79 Å². The van der Waals surface area contributed by atoms with E-state index in [2.05, 4.69) is 0 Å². The zero-order valence-electron chi connectivity index (χ0n) is 11.1. The van der Waals surface area contributed by atoms with Crippen LogP contribution in [0.4, 0.5) is 0 Å². The van der Waals surface area contributed by atoms with Crippen LogP contribution in [0.25, 0.3) is 0 Å². The summed E-state index contributed by atoms with van der Waals surface area (Å²) < 4.78 is 0. The van der Waals surface area contributed by atoms with E-state index in [9.17, 15) is 9.59 Å². The Hall–Kier alpha value is -1.84. The molecule has 1 heterocycles. The molecule has 102 valence electrons. The molecule has 1 aromatic rings. The van der Waals surface area contributed by atoms with Gasteiger partial charge in [0.15, 0.2) is 0 Å². The van der Waals surface area contributed by atoms with Gasteiger partial charge in [0, 0.05) is 6.54 Å². The van der Waals surface area contributed by atoms with E-state index in [-0.39, 0.29) is 12.3 Å². The molecule has 1 saturated heterocycles. The van der Waals surface area contributed by atoms with Crippen LogP contribution >= 0.6 is 0 Å². The Morgan fingerprint density at radius 1 is 1.26 bits per heavy atom. The van der Waals surface area contributed by atoms with Gasteiger partial charge in [0.2, 0.25) is 5.91 Å². The molecule has 2 rings (SSSR count). The first-order chi connectivity index (χ1) is 9.08. The van der Waals surface area contributed by atoms with Gasteiger partial charge in [-0.05, 0) is 31.7 Å². The molecule has 0 bridgehead atoms. The summed E-state index contributed by atoms with van der Waals surface area (Å²) in [7, 11) is 0. The summed E-state index contributed by atoms with van der Waals surface area (Å²) in [6.07, 6.45) is 2.62. The van der Waals surface area contributed by atoms with Gasteiger partial charge in [0.1, 0.15) is 6.04 Å². The molecule has 1 aliphatic rings. The molecule has 19 heavy (non-hydrogen) atoms. The van der Waals surface area contributed by atoms with Crippen LogP contribution < -0.4 is 0 Å². The highest BCUT2D eigenvalue weighted by atomic mass is 16.4. The van der Waals surface area contributed by atoms with Crippen LogP contribution in [-0.4, -0.2) is 34.5 Å². The van der Waals surface area contributed by atoms with Gasteiger partial charge in [-0.2, -0.15) is 0 Å². The minimum absolute atomic E-state index is 0.0871. The van der Waals surface area contributed by atoms with E-state index in [1.165, 1.54) is 4.90 Å². The van der Waals surface area contributed by atoms with E-state index in [0.29, 0.717) is 13.0 Å². The van der Waals surface area contributed by atoms with Crippen molar-refractivity contribution in [2.45, 2.75) is 38.6 Å². The van der Waals surface area contributed by atoms with E-state index >= 15 is 0 Å². The fourth-order valence-corrected chi connectivity index (χ4v) is 2.47. The smallest absolute Gasteiger partial charge is 0.326 e. The summed E-state index contributed by atoms with van der Waals surface area (Å²) in [6.45, 7) is 2.55. The fraction of sp³-hybridized carbons (Fsp3) is 0.467. The van der Waals surface area contributed by atoms with E-state index in [1.807, 2.05) is 31.2 Å². The average Bonchev–Trinajstić information content (AvgIpc) is 2.41. The van der Waals surface area contributed by atoms with Gasteiger partial charge in [-0.25, -0.2) is 4.79 Å². The molecule has 0 saturated carbocycles. The number of carboxylic acids is 1. The second kappa shape index (κ2) is 5.87. The number of carbonyl (C=O) groups is 2. The highest BCUT2D eigenvalue weighted by Gasteiger charge is 2.31. The molecule has 4 heteroatoms. The normalized spacial score (nSPS) is 19.2. The van der Waals surface area contributed by atoms with Crippen LogP contribution in [0.1, 0.15) is 30.4 Å². The highest BCUT2D eigenvalue weighted by molar-refractivity contribution is 5.85. The topological polar surface area (TPSA) is 57.6 Å². The lowest BCUT2D eigenvalue weighted by Crippen LogP contribution is -2.48. The van der Waals surface area contributed by atoms with Crippen LogP contribution in [0.2, 0.25) is 0 Å². The van der Waals surface area contributed by atoms with E-state index in [0.717, 1.165) is 24.0 Å². The average molecular weight is 261 g/mol. The summed E-state index contributed by atoms with van der Waals surface area (Å²) in [5.74, 6) is -0.979. The zero-order chi connectivity index (χ0) is 13.8. The van der Waals surface area contributed by atoms with Crippen LogP contribution in [0.3, 0.4) is 0 Å². The van der Waals surface area contributed by atoms with Gasteiger partial charge in [-0.15, -0.1) is 0 Å². The number of likely N-dealkylation sites (tertiary alicyclic amines) is 1. The van der Waals surface area contributed by atoms with Gasteiger partial charge >= 0.3 is 5.97 Å². The third-order valence-corrected chi connectivity index (χ3v) is 3.58. The first kappa shape index (κ1) is 13.6. The third-order valence-electron chi connectivity index (χ3n) is 3.58. The fourth-order valence-electron chi connectivity index (χ4n) is 2.47. The molecule has 0 aromatic heterocycles. The Morgan fingerprint density at radius 3 is 2.58 bits per heavy atom. The van der Waals surface area contributed by atoms with E-state index < -0.39 is 12.0 Å². The quantitative estimate of drug-likeness (QED) is 0.905. The number of carbonyl (C=O) groups excluding carboxylic acids is 1. The lowest BCUT2D eigenvalue weighted by atomic mass is 10.0. The predicted octanol–water partition coefficient (Wildman–Crippen LogP) is 2.00. The van der Waals surface area contributed by atoms with Crippen molar-refractivity contribution < 1.29 is 14.7 Å². The van der Waals surface area contributed by atoms with Crippen LogP contribution in [0.5, 0.6) is 0 Å². The standard InChI is InChI=1S/C15H19NO3/c1-11-5-7-12(8-6-11)10-14(17)16-9-3-2-4-13(16)15(18)19/h5-8,13H,2-4,9-10H2,1H3,(H,18,19). The lowest BCUT2D eigenvalue weighted by Gasteiger charge is -2.33. The third kappa shape index (κ3) is 3.34. The molecule has 0 spiro atoms. The van der Waals surface area contributed by atoms with Gasteiger partial charge in [-0.1, -0.05) is 29.8 Å². The van der Waals surface area contributed by atoms with Crippen molar-refractivity contribution in [3.63, 3.8) is 0 Å². The van der Waals surface area contributed by atoms with E-state index in [1.54, 1.807) is 0 Å². The largest absolute Gasteiger partial charge is 0.480 e. The van der Waals surface area contributed by atoms with Crippen molar-refractivity contribution >= 4 is 11.9 Å². The number of aryl methyl sites for hydroxylation is 1. The number of hydrogen-bond acceptors (Lipinski definition) is 2. The molecule has 1 unspecified atom stereocenters. The number of rotatable bonds is 3. The summed E-state index contributed by atoms with van der Waals surface area (Å²) in [4.78, 5) is 24.9. The number of piperidine rings is 1. The number of aliphatic carboxylic acids is 1. The molecule has 1 N–H and O–H groups in total. The van der Waals surface area contributed by atoms with Crippen molar-refractivity contribution in [2.75, 3.05) is 6.54 Å². The molecule has 1 amide bonds. The van der Waals surface area contributed by atoms with Gasteiger partial charge in [0.05, 0.1) is 6.42 Å². The lowest BCUT2D eigenvalue weighted by molar-refractivity contribution is -0.151. The molecule has 1 aromatic carbocycles. The van der Waals surface area contributed by atoms with Crippen molar-refractivity contribution in [1.29, 1.82) is 0 Å². The second-order valence-corrected chi connectivity index (χ2v) is 5.10. The summed E-state index contributed by atoms with van der Waals surface area (Å²) in [6, 6.07) is 7.13. The molecule has 0 radical (unpaired) electrons. The van der Waals surface area contributed by atoms with Crippen molar-refractivity contribution in [1.82, 2.24) is 4.90 Å². The molecule has 4 nitrogen and oxygen atoms in total. The molecule has 0 aliphatic carbocycles. The SMILES string of the molecule is Cc1ccc(CC(=O)N2CCCCC2C(=O)O)cc1. The maximum absolute atomic E-state index is 12.2. The maximum atomic E-state index is 12.2. The Bertz CT molecular complexity index is 467. The number of carboxylic acid groups (broad SMARTS) is 1. The van der Waals surface area contributed by atoms with Crippen LogP contribution in [0, 0.1) is 6.92 Å². The molecule has 1 atom stereocenters. The number of amides is 1. The Labute approximate surface area is 113 Å². The monoisotopic (exact) mass is 261 g/mol. The van der Waals surface area contributed by atoms with Crippen molar-refractivity contribution in [2.24, 2.45) is 0 Å². The minimum atomic E-state index is -0.892. The molecule has 1 aliphatic heterocycles. The first-order valence-corrected chi connectivity index (χ1v) is 6.66. The summed E-state index contributed by atoms with van der Waals surface area (Å²) in [5.41, 5.74) is 2.09. The van der Waals surface area contributed by atoms with Gasteiger partial charge in [0.25, 0.3) is 0 Å². The van der Waals surface area contributed by atoms with Crippen LogP contribution in [0.15, 0.2) is 24.3 Å². The Morgan fingerprint density at radius 2 is 1.95 bits per heavy atom. The number of nitrogens with zero attached hydrogens (tertiary/aromatic N) is 1. The summed E-state index contributed by atoms with van der Waals surface area (Å²) in [5, 5.41) is 9.17. The predicted molar refractivity (Wildman–Crippen MR) is 71.9 cm³/mol. The number of benzene rings is 1. The molecular weight excluding hydrogens is 242 g/mol. The molecule has 1 fully saturated rings. The molecular formula is C15H19NO3. The minimum Gasteiger partial charge on any atom is -0.480 e. The first-order valence-electron chi connectivity index (χ1n) is 6.66. The maximum Gasteiger partial charge on any atom is 0.326 e.